The number of hydrogen-bond donors (Lipinski definition) is 1. The van der Waals surface area contributed by atoms with E-state index >= 15 is 0 Å². The molecule has 1 aromatic carbocycles. The van der Waals surface area contributed by atoms with E-state index in [4.69, 9.17) is 11.6 Å². The summed E-state index contributed by atoms with van der Waals surface area (Å²) < 4.78 is 0. The molecule has 9 heteroatoms. The Kier molecular flexibility index (Phi) is 7.33. The number of carbonyl (C=O) groups is 1. The van der Waals surface area contributed by atoms with Crippen molar-refractivity contribution < 1.29 is 4.79 Å². The summed E-state index contributed by atoms with van der Waals surface area (Å²) in [7, 11) is 0. The molecule has 0 aliphatic heterocycles. The SMILES string of the molecule is CCCc1cc(=O)[nH]c(SCc2csc(N(C(C)=O)c3c(C)cc(C)cc3Cl)n2)n1. The van der Waals surface area contributed by atoms with Gasteiger partial charge in [0.05, 0.1) is 16.4 Å². The fourth-order valence-corrected chi connectivity index (χ4v) is 5.29. The zero-order valence-electron chi connectivity index (χ0n) is 17.3. The third-order valence-electron chi connectivity index (χ3n) is 4.30. The lowest BCUT2D eigenvalue weighted by Gasteiger charge is -2.22. The van der Waals surface area contributed by atoms with Gasteiger partial charge >= 0.3 is 0 Å². The molecule has 0 spiro atoms. The molecule has 1 amide bonds. The van der Waals surface area contributed by atoms with Crippen molar-refractivity contribution in [2.75, 3.05) is 4.90 Å². The summed E-state index contributed by atoms with van der Waals surface area (Å²) in [6.45, 7) is 7.45. The number of rotatable bonds is 7. The first-order valence-corrected chi connectivity index (χ1v) is 11.8. The Balaban J connectivity index is 1.83. The van der Waals surface area contributed by atoms with Gasteiger partial charge in [0.2, 0.25) is 5.91 Å². The van der Waals surface area contributed by atoms with Crippen molar-refractivity contribution in [3.63, 3.8) is 0 Å². The standard InChI is InChI=1S/C21H23ClN4O2S2/c1-5-6-15-9-18(28)25-20(23-15)29-10-16-11-30-21(24-16)26(14(4)27)19-13(3)7-12(2)8-17(19)22/h7-9,11H,5-6,10H2,1-4H3,(H,23,25,28). The van der Waals surface area contributed by atoms with E-state index in [9.17, 15) is 9.59 Å². The Labute approximate surface area is 188 Å². The molecule has 2 heterocycles. The Morgan fingerprint density at radius 1 is 1.23 bits per heavy atom. The second-order valence-corrected chi connectivity index (χ2v) is 9.18. The number of benzene rings is 1. The lowest BCUT2D eigenvalue weighted by atomic mass is 10.1. The highest BCUT2D eigenvalue weighted by molar-refractivity contribution is 7.98. The van der Waals surface area contributed by atoms with Crippen molar-refractivity contribution in [3.05, 3.63) is 61.5 Å². The number of nitrogens with zero attached hydrogens (tertiary/aromatic N) is 3. The molecule has 30 heavy (non-hydrogen) atoms. The van der Waals surface area contributed by atoms with Gasteiger partial charge in [-0.05, 0) is 37.5 Å². The largest absolute Gasteiger partial charge is 0.301 e. The number of aryl methyl sites for hydroxylation is 3. The van der Waals surface area contributed by atoms with Gasteiger partial charge in [0.1, 0.15) is 0 Å². The molecule has 0 saturated heterocycles. The number of H-pyrrole nitrogens is 1. The van der Waals surface area contributed by atoms with Gasteiger partial charge in [0, 0.05) is 29.8 Å². The van der Waals surface area contributed by atoms with Crippen LogP contribution in [0, 0.1) is 13.8 Å². The topological polar surface area (TPSA) is 79.0 Å². The third kappa shape index (κ3) is 5.30. The van der Waals surface area contributed by atoms with Crippen LogP contribution in [0.2, 0.25) is 5.02 Å². The van der Waals surface area contributed by atoms with Crippen LogP contribution in [-0.4, -0.2) is 20.9 Å². The highest BCUT2D eigenvalue weighted by Crippen LogP contribution is 2.37. The summed E-state index contributed by atoms with van der Waals surface area (Å²) in [5.41, 5.74) is 4.04. The van der Waals surface area contributed by atoms with Crippen LogP contribution >= 0.6 is 34.7 Å². The van der Waals surface area contributed by atoms with Gasteiger partial charge in [-0.15, -0.1) is 11.3 Å². The van der Waals surface area contributed by atoms with Gasteiger partial charge in [-0.1, -0.05) is 42.8 Å². The number of halogens is 1. The number of nitrogens with one attached hydrogen (secondary N) is 1. The van der Waals surface area contributed by atoms with Crippen molar-refractivity contribution in [2.24, 2.45) is 0 Å². The van der Waals surface area contributed by atoms with E-state index in [1.807, 2.05) is 31.4 Å². The number of thiazole rings is 1. The third-order valence-corrected chi connectivity index (χ3v) is 6.37. The van der Waals surface area contributed by atoms with E-state index in [1.165, 1.54) is 36.1 Å². The number of aromatic nitrogens is 3. The molecule has 3 rings (SSSR count). The highest BCUT2D eigenvalue weighted by Gasteiger charge is 2.22. The van der Waals surface area contributed by atoms with Gasteiger partial charge < -0.3 is 4.98 Å². The molecule has 0 aliphatic carbocycles. The number of amides is 1. The summed E-state index contributed by atoms with van der Waals surface area (Å²) in [5, 5.41) is 3.56. The van der Waals surface area contributed by atoms with Crippen LogP contribution in [0.25, 0.3) is 0 Å². The molecule has 0 unspecified atom stereocenters. The molecule has 3 aromatic rings. The van der Waals surface area contributed by atoms with E-state index in [1.54, 1.807) is 4.90 Å². The molecule has 0 bridgehead atoms. The summed E-state index contributed by atoms with van der Waals surface area (Å²) in [5.74, 6) is 0.372. The Hall–Kier alpha value is -2.16. The fourth-order valence-electron chi connectivity index (χ4n) is 3.12. The Bertz CT molecular complexity index is 1100. The number of hydrogen-bond acceptors (Lipinski definition) is 6. The molecule has 2 aromatic heterocycles. The molecule has 0 saturated carbocycles. The van der Waals surface area contributed by atoms with E-state index in [2.05, 4.69) is 21.9 Å². The van der Waals surface area contributed by atoms with Crippen LogP contribution in [-0.2, 0) is 17.0 Å². The van der Waals surface area contributed by atoms with Crippen molar-refractivity contribution in [3.8, 4) is 0 Å². The van der Waals surface area contributed by atoms with Gasteiger partial charge in [-0.2, -0.15) is 0 Å². The quantitative estimate of drug-likeness (QED) is 0.374. The lowest BCUT2D eigenvalue weighted by Crippen LogP contribution is -2.24. The minimum Gasteiger partial charge on any atom is -0.301 e. The minimum atomic E-state index is -0.157. The molecule has 0 fully saturated rings. The molecular formula is C21H23ClN4O2S2. The predicted molar refractivity (Wildman–Crippen MR) is 124 cm³/mol. The Morgan fingerprint density at radius 3 is 2.67 bits per heavy atom. The van der Waals surface area contributed by atoms with E-state index in [-0.39, 0.29) is 11.5 Å². The zero-order valence-corrected chi connectivity index (χ0v) is 19.7. The zero-order chi connectivity index (χ0) is 21.8. The molecular weight excluding hydrogens is 440 g/mol. The number of thioether (sulfide) groups is 1. The first kappa shape index (κ1) is 22.5. The average Bonchev–Trinajstić information content (AvgIpc) is 3.10. The van der Waals surface area contributed by atoms with Crippen LogP contribution in [0.4, 0.5) is 10.8 Å². The maximum absolute atomic E-state index is 12.4. The van der Waals surface area contributed by atoms with Crippen LogP contribution in [0.15, 0.2) is 33.5 Å². The smallest absolute Gasteiger partial charge is 0.251 e. The molecule has 0 radical (unpaired) electrons. The lowest BCUT2D eigenvalue weighted by molar-refractivity contribution is -0.115. The highest BCUT2D eigenvalue weighted by atomic mass is 35.5. The second kappa shape index (κ2) is 9.76. The maximum atomic E-state index is 12.4. The van der Waals surface area contributed by atoms with Crippen molar-refractivity contribution in [2.45, 2.75) is 51.4 Å². The van der Waals surface area contributed by atoms with Crippen LogP contribution in [0.1, 0.15) is 42.8 Å². The molecule has 158 valence electrons. The number of carbonyl (C=O) groups excluding carboxylic acids is 1. The summed E-state index contributed by atoms with van der Waals surface area (Å²) in [6, 6.07) is 5.37. The van der Waals surface area contributed by atoms with E-state index < -0.39 is 0 Å². The van der Waals surface area contributed by atoms with Gasteiger partial charge in [0.15, 0.2) is 10.3 Å². The maximum Gasteiger partial charge on any atom is 0.251 e. The first-order valence-electron chi connectivity index (χ1n) is 9.53. The molecule has 0 aliphatic rings. The molecule has 6 nitrogen and oxygen atoms in total. The van der Waals surface area contributed by atoms with E-state index in [0.717, 1.165) is 35.4 Å². The predicted octanol–water partition coefficient (Wildman–Crippen LogP) is 5.43. The minimum absolute atomic E-state index is 0.151. The monoisotopic (exact) mass is 462 g/mol. The normalized spacial score (nSPS) is 11.0. The van der Waals surface area contributed by atoms with Crippen LogP contribution in [0.3, 0.4) is 0 Å². The van der Waals surface area contributed by atoms with E-state index in [0.29, 0.717) is 26.8 Å². The summed E-state index contributed by atoms with van der Waals surface area (Å²) in [4.78, 5) is 37.7. The van der Waals surface area contributed by atoms with Gasteiger partial charge in [-0.25, -0.2) is 9.97 Å². The average molecular weight is 463 g/mol. The fraction of sp³-hybridized carbons (Fsp3) is 0.333. The van der Waals surface area contributed by atoms with Crippen molar-refractivity contribution in [1.29, 1.82) is 0 Å². The van der Waals surface area contributed by atoms with Crippen molar-refractivity contribution >= 4 is 51.4 Å². The van der Waals surface area contributed by atoms with Crippen LogP contribution in [0.5, 0.6) is 0 Å². The van der Waals surface area contributed by atoms with Crippen LogP contribution < -0.4 is 10.5 Å². The second-order valence-electron chi connectivity index (χ2n) is 6.97. The van der Waals surface area contributed by atoms with Crippen molar-refractivity contribution in [1.82, 2.24) is 15.0 Å². The summed E-state index contributed by atoms with van der Waals surface area (Å²) >= 11 is 9.26. The first-order chi connectivity index (χ1) is 14.3. The van der Waals surface area contributed by atoms with Gasteiger partial charge in [0.25, 0.3) is 5.56 Å². The Morgan fingerprint density at radius 2 is 2.00 bits per heavy atom. The number of aromatic amines is 1. The molecule has 1 N–H and O–H groups in total. The van der Waals surface area contributed by atoms with Gasteiger partial charge in [-0.3, -0.25) is 14.5 Å². The summed E-state index contributed by atoms with van der Waals surface area (Å²) in [6.07, 6.45) is 1.69. The number of anilines is 2. The molecule has 0 atom stereocenters.